The Hall–Kier alpha value is -1.12. The maximum Gasteiger partial charge on any atom is 0.317 e. The van der Waals surface area contributed by atoms with Crippen molar-refractivity contribution in [3.05, 3.63) is 12.2 Å². The fourth-order valence-corrected chi connectivity index (χ4v) is 5.69. The van der Waals surface area contributed by atoms with Crippen LogP contribution in [0.1, 0.15) is 65.7 Å². The van der Waals surface area contributed by atoms with Crippen LogP contribution in [0, 0.1) is 34.5 Å². The number of aliphatic carboxylic acids is 1. The number of carbonyl (C=O) groups is 2. The summed E-state index contributed by atoms with van der Waals surface area (Å²) in [4.78, 5) is 23.5. The largest absolute Gasteiger partial charge is 0.480 e. The second-order valence-electron chi connectivity index (χ2n) is 8.64. The topological polar surface area (TPSA) is 54.4 Å². The number of carbonyl (C=O) groups excluding carboxylic acids is 1. The SMILES string of the molecule is C[C@H](/C=C/C(=O)C1(C(=O)O)CC1)C1CCC2[C@@H](C)CCC[C@]12C. The average Bonchev–Trinajstić information content (AvgIpc) is 3.23. The first kappa shape index (κ1) is 16.7. The van der Waals surface area contributed by atoms with Crippen LogP contribution in [-0.4, -0.2) is 16.9 Å². The molecule has 128 valence electrons. The molecule has 0 heterocycles. The zero-order chi connectivity index (χ0) is 16.8. The molecule has 3 aliphatic rings. The molecule has 1 N–H and O–H groups in total. The average molecular weight is 318 g/mol. The predicted molar refractivity (Wildman–Crippen MR) is 89.9 cm³/mol. The molecule has 0 saturated heterocycles. The lowest BCUT2D eigenvalue weighted by Crippen LogP contribution is -2.38. The summed E-state index contributed by atoms with van der Waals surface area (Å²) in [7, 11) is 0. The molecule has 3 rings (SSSR count). The number of rotatable bonds is 5. The lowest BCUT2D eigenvalue weighted by molar-refractivity contribution is -0.146. The Morgan fingerprint density at radius 3 is 2.48 bits per heavy atom. The van der Waals surface area contributed by atoms with Crippen molar-refractivity contribution in [2.45, 2.75) is 65.7 Å². The van der Waals surface area contributed by atoms with Crippen molar-refractivity contribution < 1.29 is 14.7 Å². The minimum absolute atomic E-state index is 0.200. The van der Waals surface area contributed by atoms with E-state index in [4.69, 9.17) is 0 Å². The molecular weight excluding hydrogens is 288 g/mol. The minimum atomic E-state index is -1.09. The van der Waals surface area contributed by atoms with E-state index < -0.39 is 11.4 Å². The zero-order valence-corrected chi connectivity index (χ0v) is 14.7. The molecule has 5 atom stereocenters. The Kier molecular flexibility index (Phi) is 4.18. The van der Waals surface area contributed by atoms with Crippen molar-refractivity contribution in [3.8, 4) is 0 Å². The van der Waals surface area contributed by atoms with E-state index in [1.54, 1.807) is 6.08 Å². The van der Waals surface area contributed by atoms with E-state index >= 15 is 0 Å². The molecule has 0 aliphatic heterocycles. The Labute approximate surface area is 139 Å². The van der Waals surface area contributed by atoms with E-state index in [-0.39, 0.29) is 5.78 Å². The van der Waals surface area contributed by atoms with Gasteiger partial charge in [-0.3, -0.25) is 9.59 Å². The maximum absolute atomic E-state index is 12.2. The normalized spacial score (nSPS) is 39.9. The van der Waals surface area contributed by atoms with Crippen LogP contribution in [0.15, 0.2) is 12.2 Å². The van der Waals surface area contributed by atoms with Crippen LogP contribution in [0.25, 0.3) is 0 Å². The molecule has 0 aromatic carbocycles. The molecular formula is C20H30O3. The van der Waals surface area contributed by atoms with Gasteiger partial charge in [0, 0.05) is 0 Å². The third-order valence-electron chi connectivity index (χ3n) is 7.36. The highest BCUT2D eigenvalue weighted by Gasteiger charge is 2.56. The number of allylic oxidation sites excluding steroid dienone is 2. The molecule has 3 heteroatoms. The minimum Gasteiger partial charge on any atom is -0.480 e. The lowest BCUT2D eigenvalue weighted by atomic mass is 9.60. The van der Waals surface area contributed by atoms with Gasteiger partial charge in [0.25, 0.3) is 0 Å². The van der Waals surface area contributed by atoms with Crippen molar-refractivity contribution >= 4 is 11.8 Å². The first-order valence-electron chi connectivity index (χ1n) is 9.27. The smallest absolute Gasteiger partial charge is 0.317 e. The second-order valence-corrected chi connectivity index (χ2v) is 8.64. The quantitative estimate of drug-likeness (QED) is 0.601. The van der Waals surface area contributed by atoms with Crippen LogP contribution in [0.2, 0.25) is 0 Å². The second kappa shape index (κ2) is 5.75. The van der Waals surface area contributed by atoms with Crippen molar-refractivity contribution in [1.29, 1.82) is 0 Å². The van der Waals surface area contributed by atoms with Crippen LogP contribution >= 0.6 is 0 Å². The van der Waals surface area contributed by atoms with E-state index in [9.17, 15) is 14.7 Å². The molecule has 0 radical (unpaired) electrons. The molecule has 23 heavy (non-hydrogen) atoms. The molecule has 0 amide bonds. The molecule has 3 fully saturated rings. The zero-order valence-electron chi connectivity index (χ0n) is 14.7. The Morgan fingerprint density at radius 1 is 1.17 bits per heavy atom. The van der Waals surface area contributed by atoms with Gasteiger partial charge in [-0.2, -0.15) is 0 Å². The molecule has 3 aliphatic carbocycles. The van der Waals surface area contributed by atoms with Gasteiger partial charge in [0.05, 0.1) is 0 Å². The van der Waals surface area contributed by atoms with Crippen LogP contribution < -0.4 is 0 Å². The summed E-state index contributed by atoms with van der Waals surface area (Å²) in [6.45, 7) is 7.07. The highest BCUT2D eigenvalue weighted by Crippen LogP contribution is 2.59. The number of carboxylic acid groups (broad SMARTS) is 1. The van der Waals surface area contributed by atoms with Crippen LogP contribution in [0.4, 0.5) is 0 Å². The van der Waals surface area contributed by atoms with Gasteiger partial charge in [-0.1, -0.05) is 39.7 Å². The molecule has 3 nitrogen and oxygen atoms in total. The molecule has 2 unspecified atom stereocenters. The third-order valence-corrected chi connectivity index (χ3v) is 7.36. The highest BCUT2D eigenvalue weighted by molar-refractivity contribution is 6.11. The molecule has 3 saturated carbocycles. The van der Waals surface area contributed by atoms with Crippen molar-refractivity contribution in [2.75, 3.05) is 0 Å². The van der Waals surface area contributed by atoms with Gasteiger partial charge in [-0.25, -0.2) is 0 Å². The predicted octanol–water partition coefficient (Wildman–Crippen LogP) is 4.47. The van der Waals surface area contributed by atoms with Gasteiger partial charge in [0.2, 0.25) is 0 Å². The van der Waals surface area contributed by atoms with Gasteiger partial charge in [-0.15, -0.1) is 0 Å². The Morgan fingerprint density at radius 2 is 1.87 bits per heavy atom. The number of carboxylic acids is 1. The van der Waals surface area contributed by atoms with Crippen molar-refractivity contribution in [1.82, 2.24) is 0 Å². The summed E-state index contributed by atoms with van der Waals surface area (Å²) in [5.74, 6) is 1.46. The summed E-state index contributed by atoms with van der Waals surface area (Å²) in [5, 5.41) is 9.22. The summed E-state index contributed by atoms with van der Waals surface area (Å²) in [5.41, 5.74) is -0.688. The monoisotopic (exact) mass is 318 g/mol. The van der Waals surface area contributed by atoms with Gasteiger partial charge in [-0.05, 0) is 67.3 Å². The van der Waals surface area contributed by atoms with Gasteiger partial charge < -0.3 is 5.11 Å². The number of fused-ring (bicyclic) bond motifs is 1. The molecule has 0 aromatic rings. The first-order valence-corrected chi connectivity index (χ1v) is 9.27. The van der Waals surface area contributed by atoms with Gasteiger partial charge in [0.15, 0.2) is 5.78 Å². The summed E-state index contributed by atoms with van der Waals surface area (Å²) < 4.78 is 0. The van der Waals surface area contributed by atoms with Crippen LogP contribution in [0.5, 0.6) is 0 Å². The van der Waals surface area contributed by atoms with Gasteiger partial charge >= 0.3 is 5.97 Å². The molecule has 0 aromatic heterocycles. The third kappa shape index (κ3) is 2.66. The van der Waals surface area contributed by atoms with Crippen molar-refractivity contribution in [3.63, 3.8) is 0 Å². The van der Waals surface area contributed by atoms with E-state index in [2.05, 4.69) is 20.8 Å². The van der Waals surface area contributed by atoms with E-state index in [1.807, 2.05) is 6.08 Å². The van der Waals surface area contributed by atoms with E-state index in [1.165, 1.54) is 32.1 Å². The number of hydrogen-bond acceptors (Lipinski definition) is 2. The van der Waals surface area contributed by atoms with E-state index in [0.29, 0.717) is 30.1 Å². The fourth-order valence-electron chi connectivity index (χ4n) is 5.69. The summed E-state index contributed by atoms with van der Waals surface area (Å²) in [6, 6.07) is 0. The Bertz CT molecular complexity index is 531. The van der Waals surface area contributed by atoms with E-state index in [0.717, 1.165) is 11.8 Å². The number of hydrogen-bond donors (Lipinski definition) is 1. The summed E-state index contributed by atoms with van der Waals surface area (Å²) in [6.07, 6.45) is 11.1. The Balaban J connectivity index is 1.69. The van der Waals surface area contributed by atoms with Crippen molar-refractivity contribution in [2.24, 2.45) is 34.5 Å². The molecule has 0 bridgehead atoms. The fraction of sp³-hybridized carbons (Fsp3) is 0.800. The molecule has 0 spiro atoms. The number of ketones is 1. The summed E-state index contributed by atoms with van der Waals surface area (Å²) >= 11 is 0. The highest BCUT2D eigenvalue weighted by atomic mass is 16.4. The van der Waals surface area contributed by atoms with Gasteiger partial charge in [0.1, 0.15) is 5.41 Å². The maximum atomic E-state index is 12.2. The first-order chi connectivity index (χ1) is 10.8. The lowest BCUT2D eigenvalue weighted by Gasteiger charge is -2.45. The standard InChI is InChI=1S/C20H30O3/c1-13-5-4-10-19(3)15(13)7-8-16(19)14(2)6-9-17(21)20(11-12-20)18(22)23/h6,9,13-16H,4-5,7-8,10-12H2,1-3H3,(H,22,23)/b9-6+/t13-,14+,15?,16?,19-/m0/s1. The van der Waals surface area contributed by atoms with Crippen LogP contribution in [-0.2, 0) is 9.59 Å². The van der Waals surface area contributed by atoms with Crippen LogP contribution in [0.3, 0.4) is 0 Å².